The molecule has 0 aliphatic carbocycles. The molecule has 0 spiro atoms. The minimum atomic E-state index is -0.817. The van der Waals surface area contributed by atoms with E-state index in [-0.39, 0.29) is 15.7 Å². The van der Waals surface area contributed by atoms with Crippen LogP contribution >= 0.6 is 23.2 Å². The molecule has 8 heteroatoms. The van der Waals surface area contributed by atoms with Crippen molar-refractivity contribution in [3.63, 3.8) is 0 Å². The molecule has 1 N–H and O–H groups in total. The lowest BCUT2D eigenvalue weighted by atomic mass is 9.80. The van der Waals surface area contributed by atoms with E-state index in [1.54, 1.807) is 6.92 Å². The van der Waals surface area contributed by atoms with Crippen LogP contribution in [0.5, 0.6) is 0 Å². The Labute approximate surface area is 131 Å². The monoisotopic (exact) mass is 332 g/mol. The molecule has 1 aromatic carbocycles. The van der Waals surface area contributed by atoms with Gasteiger partial charge in [-0.25, -0.2) is 0 Å². The van der Waals surface area contributed by atoms with Crippen molar-refractivity contribution >= 4 is 40.5 Å². The van der Waals surface area contributed by atoms with Crippen LogP contribution < -0.4 is 4.90 Å². The third kappa shape index (κ3) is 3.06. The maximum absolute atomic E-state index is 11.2. The van der Waals surface area contributed by atoms with Gasteiger partial charge in [-0.05, 0) is 19.8 Å². The molecule has 0 bridgehead atoms. The molecule has 0 amide bonds. The van der Waals surface area contributed by atoms with Gasteiger partial charge < -0.3 is 10.0 Å². The van der Waals surface area contributed by atoms with Crippen molar-refractivity contribution < 1.29 is 14.8 Å². The Hall–Kier alpha value is -1.53. The predicted molar refractivity (Wildman–Crippen MR) is 80.3 cm³/mol. The number of hydrogen-bond acceptors (Lipinski definition) is 4. The van der Waals surface area contributed by atoms with E-state index in [0.29, 0.717) is 31.6 Å². The van der Waals surface area contributed by atoms with E-state index in [1.165, 1.54) is 12.1 Å². The van der Waals surface area contributed by atoms with Crippen LogP contribution in [0.4, 0.5) is 11.4 Å². The van der Waals surface area contributed by atoms with Crippen molar-refractivity contribution in [1.29, 1.82) is 0 Å². The Bertz CT molecular complexity index is 575. The summed E-state index contributed by atoms with van der Waals surface area (Å²) in [5.41, 5.74) is -0.395. The topological polar surface area (TPSA) is 83.7 Å². The van der Waals surface area contributed by atoms with Gasteiger partial charge in [-0.3, -0.25) is 14.9 Å². The van der Waals surface area contributed by atoms with Gasteiger partial charge in [0.15, 0.2) is 0 Å². The molecule has 1 aliphatic rings. The number of benzene rings is 1. The SMILES string of the molecule is CC1(C(=O)O)CCN(c2c(Cl)cc([N+](=O)[O-])cc2Cl)CC1. The number of nitro benzene ring substituents is 1. The maximum atomic E-state index is 11.2. The van der Waals surface area contributed by atoms with E-state index in [2.05, 4.69) is 0 Å². The predicted octanol–water partition coefficient (Wildman–Crippen LogP) is 3.59. The normalized spacial score (nSPS) is 17.6. The first-order valence-corrected chi connectivity index (χ1v) is 7.12. The lowest BCUT2D eigenvalue weighted by Crippen LogP contribution is -2.42. The smallest absolute Gasteiger partial charge is 0.309 e. The Balaban J connectivity index is 2.25. The highest BCUT2D eigenvalue weighted by Crippen LogP contribution is 2.41. The summed E-state index contributed by atoms with van der Waals surface area (Å²) in [6, 6.07) is 2.52. The van der Waals surface area contributed by atoms with Crippen LogP contribution in [-0.2, 0) is 4.79 Å². The first-order valence-electron chi connectivity index (χ1n) is 6.36. The number of aliphatic carboxylic acids is 1. The number of rotatable bonds is 3. The van der Waals surface area contributed by atoms with Crippen molar-refractivity contribution in [3.05, 3.63) is 32.3 Å². The number of carbonyl (C=O) groups is 1. The molecule has 1 heterocycles. The molecule has 6 nitrogen and oxygen atoms in total. The molecule has 0 atom stereocenters. The zero-order valence-corrected chi connectivity index (χ0v) is 12.8. The minimum Gasteiger partial charge on any atom is -0.481 e. The standard InChI is InChI=1S/C13H14Cl2N2O4/c1-13(12(18)19)2-4-16(5-3-13)11-9(14)6-8(17(20)21)7-10(11)15/h6-7H,2-5H2,1H3,(H,18,19). The summed E-state index contributed by atoms with van der Waals surface area (Å²) < 4.78 is 0. The van der Waals surface area contributed by atoms with Gasteiger partial charge in [-0.2, -0.15) is 0 Å². The van der Waals surface area contributed by atoms with E-state index in [9.17, 15) is 20.0 Å². The van der Waals surface area contributed by atoms with Gasteiger partial charge in [0.2, 0.25) is 0 Å². The van der Waals surface area contributed by atoms with E-state index in [1.807, 2.05) is 4.90 Å². The van der Waals surface area contributed by atoms with Crippen LogP contribution in [0.15, 0.2) is 12.1 Å². The first kappa shape index (κ1) is 15.9. The van der Waals surface area contributed by atoms with Crippen molar-refractivity contribution in [1.82, 2.24) is 0 Å². The molecule has 1 fully saturated rings. The number of anilines is 1. The molecular formula is C13H14Cl2N2O4. The van der Waals surface area contributed by atoms with Crippen LogP contribution in [0.3, 0.4) is 0 Å². The molecule has 0 unspecified atom stereocenters. The largest absolute Gasteiger partial charge is 0.481 e. The summed E-state index contributed by atoms with van der Waals surface area (Å²) in [5.74, 6) is -0.817. The molecule has 2 rings (SSSR count). The molecule has 1 aliphatic heterocycles. The van der Waals surface area contributed by atoms with Gasteiger partial charge in [0.25, 0.3) is 5.69 Å². The zero-order chi connectivity index (χ0) is 15.8. The van der Waals surface area contributed by atoms with Gasteiger partial charge in [0.05, 0.1) is 26.1 Å². The summed E-state index contributed by atoms with van der Waals surface area (Å²) in [6.45, 7) is 2.69. The summed E-state index contributed by atoms with van der Waals surface area (Å²) in [6.07, 6.45) is 0.929. The fourth-order valence-corrected chi connectivity index (χ4v) is 3.11. The van der Waals surface area contributed by atoms with Crippen molar-refractivity contribution in [3.8, 4) is 0 Å². The van der Waals surface area contributed by atoms with E-state index < -0.39 is 16.3 Å². The highest BCUT2D eigenvalue weighted by Gasteiger charge is 2.37. The van der Waals surface area contributed by atoms with E-state index in [4.69, 9.17) is 23.2 Å². The third-order valence-corrected chi connectivity index (χ3v) is 4.49. The second kappa shape index (κ2) is 5.69. The van der Waals surface area contributed by atoms with Crippen LogP contribution in [-0.4, -0.2) is 29.1 Å². The van der Waals surface area contributed by atoms with E-state index >= 15 is 0 Å². The van der Waals surface area contributed by atoms with E-state index in [0.717, 1.165) is 0 Å². The summed E-state index contributed by atoms with van der Waals surface area (Å²) in [7, 11) is 0. The van der Waals surface area contributed by atoms with Gasteiger partial charge in [-0.15, -0.1) is 0 Å². The number of hydrogen-bond donors (Lipinski definition) is 1. The van der Waals surface area contributed by atoms with Gasteiger partial charge in [0.1, 0.15) is 0 Å². The Morgan fingerprint density at radius 1 is 1.33 bits per heavy atom. The average Bonchev–Trinajstić information content (AvgIpc) is 2.40. The summed E-state index contributed by atoms with van der Waals surface area (Å²) >= 11 is 12.2. The highest BCUT2D eigenvalue weighted by atomic mass is 35.5. The van der Waals surface area contributed by atoms with Crippen LogP contribution in [0.2, 0.25) is 10.0 Å². The number of piperidine rings is 1. The van der Waals surface area contributed by atoms with Crippen molar-refractivity contribution in [2.75, 3.05) is 18.0 Å². The molecule has 0 aromatic heterocycles. The first-order chi connectivity index (χ1) is 9.74. The number of non-ortho nitro benzene ring substituents is 1. The summed E-state index contributed by atoms with van der Waals surface area (Å²) in [4.78, 5) is 23.3. The number of carboxylic acid groups (broad SMARTS) is 1. The van der Waals surface area contributed by atoms with Crippen molar-refractivity contribution in [2.24, 2.45) is 5.41 Å². The van der Waals surface area contributed by atoms with Crippen LogP contribution in [0.25, 0.3) is 0 Å². The Morgan fingerprint density at radius 2 is 1.81 bits per heavy atom. The van der Waals surface area contributed by atoms with Crippen molar-refractivity contribution in [2.45, 2.75) is 19.8 Å². The van der Waals surface area contributed by atoms with Gasteiger partial charge in [0, 0.05) is 25.2 Å². The molecule has 114 valence electrons. The second-order valence-corrected chi connectivity index (χ2v) is 6.18. The molecule has 1 aromatic rings. The van der Waals surface area contributed by atoms with Gasteiger partial charge in [-0.1, -0.05) is 23.2 Å². The lowest BCUT2D eigenvalue weighted by Gasteiger charge is -2.38. The minimum absolute atomic E-state index is 0.166. The molecule has 1 saturated heterocycles. The fraction of sp³-hybridized carbons (Fsp3) is 0.462. The number of carboxylic acids is 1. The maximum Gasteiger partial charge on any atom is 0.309 e. The number of nitrogens with zero attached hydrogens (tertiary/aromatic N) is 2. The number of halogens is 2. The number of nitro groups is 1. The molecular weight excluding hydrogens is 319 g/mol. The molecule has 21 heavy (non-hydrogen) atoms. The lowest BCUT2D eigenvalue weighted by molar-refractivity contribution is -0.384. The third-order valence-electron chi connectivity index (χ3n) is 3.91. The average molecular weight is 333 g/mol. The molecule has 0 saturated carbocycles. The van der Waals surface area contributed by atoms with Gasteiger partial charge >= 0.3 is 5.97 Å². The Kier molecular flexibility index (Phi) is 4.30. The fourth-order valence-electron chi connectivity index (χ4n) is 2.40. The quantitative estimate of drug-likeness (QED) is 0.675. The van der Waals surface area contributed by atoms with Crippen LogP contribution in [0, 0.1) is 15.5 Å². The zero-order valence-electron chi connectivity index (χ0n) is 11.3. The Morgan fingerprint density at radius 3 is 2.19 bits per heavy atom. The highest BCUT2D eigenvalue weighted by molar-refractivity contribution is 6.39. The van der Waals surface area contributed by atoms with Crippen LogP contribution in [0.1, 0.15) is 19.8 Å². The second-order valence-electron chi connectivity index (χ2n) is 5.37. The summed E-state index contributed by atoms with van der Waals surface area (Å²) in [5, 5.41) is 20.4. The molecule has 0 radical (unpaired) electrons.